The maximum atomic E-state index is 13.8. The Labute approximate surface area is 184 Å². The number of pyridine rings is 1. The molecule has 5 aromatic rings. The summed E-state index contributed by atoms with van der Waals surface area (Å²) in [6.07, 6.45) is 4.25. The summed E-state index contributed by atoms with van der Waals surface area (Å²) < 4.78 is 15.9. The molecular weight excluding hydrogens is 401 g/mol. The highest BCUT2D eigenvalue weighted by molar-refractivity contribution is 6.06. The lowest BCUT2D eigenvalue weighted by Gasteiger charge is -2.16. The van der Waals surface area contributed by atoms with E-state index in [-0.39, 0.29) is 17.6 Å². The summed E-state index contributed by atoms with van der Waals surface area (Å²) in [6, 6.07) is 22.7. The Bertz CT molecular complexity index is 1500. The maximum absolute atomic E-state index is 13.8. The molecule has 1 aliphatic heterocycles. The van der Waals surface area contributed by atoms with E-state index in [1.807, 2.05) is 42.5 Å². The molecule has 1 N–H and O–H groups in total. The van der Waals surface area contributed by atoms with Crippen LogP contribution >= 0.6 is 0 Å². The Kier molecular flexibility index (Phi) is 4.28. The highest BCUT2D eigenvalue weighted by atomic mass is 19.1. The molecule has 1 atom stereocenters. The summed E-state index contributed by atoms with van der Waals surface area (Å²) in [4.78, 5) is 17.5. The van der Waals surface area contributed by atoms with E-state index >= 15 is 0 Å². The molecule has 0 aliphatic carbocycles. The van der Waals surface area contributed by atoms with Gasteiger partial charge in [-0.1, -0.05) is 42.5 Å². The molecule has 5 heteroatoms. The van der Waals surface area contributed by atoms with Gasteiger partial charge >= 0.3 is 0 Å². The quantitative estimate of drug-likeness (QED) is 0.397. The summed E-state index contributed by atoms with van der Waals surface area (Å²) in [7, 11) is 0. The van der Waals surface area contributed by atoms with Crippen LogP contribution < -0.4 is 5.32 Å². The van der Waals surface area contributed by atoms with Crippen LogP contribution in [0.4, 0.5) is 10.1 Å². The molecule has 1 unspecified atom stereocenters. The minimum atomic E-state index is -0.243. The zero-order valence-corrected chi connectivity index (χ0v) is 17.3. The molecule has 1 amide bonds. The van der Waals surface area contributed by atoms with Gasteiger partial charge in [0.1, 0.15) is 5.82 Å². The molecule has 4 nitrogen and oxygen atoms in total. The molecule has 0 fully saturated rings. The lowest BCUT2D eigenvalue weighted by Crippen LogP contribution is -2.14. The largest absolute Gasteiger partial charge is 0.343 e. The van der Waals surface area contributed by atoms with E-state index in [4.69, 9.17) is 0 Å². The number of rotatable bonds is 3. The molecule has 32 heavy (non-hydrogen) atoms. The van der Waals surface area contributed by atoms with Crippen molar-refractivity contribution in [2.75, 3.05) is 5.32 Å². The molecule has 3 heterocycles. The first kappa shape index (κ1) is 18.8. The van der Waals surface area contributed by atoms with E-state index in [9.17, 15) is 9.18 Å². The monoisotopic (exact) mass is 421 g/mol. The summed E-state index contributed by atoms with van der Waals surface area (Å²) >= 11 is 0. The summed E-state index contributed by atoms with van der Waals surface area (Å²) in [6.45, 7) is 0.548. The van der Waals surface area contributed by atoms with E-state index < -0.39 is 0 Å². The fraction of sp³-hybridized carbons (Fsp3) is 0.111. The second kappa shape index (κ2) is 7.31. The van der Waals surface area contributed by atoms with Gasteiger partial charge < -0.3 is 9.88 Å². The lowest BCUT2D eigenvalue weighted by atomic mass is 9.87. The normalized spacial score (nSPS) is 15.7. The Morgan fingerprint density at radius 3 is 2.75 bits per heavy atom. The van der Waals surface area contributed by atoms with Gasteiger partial charge in [-0.25, -0.2) is 4.39 Å². The molecular formula is C27H20FN3O. The number of halogens is 1. The van der Waals surface area contributed by atoms with Crippen molar-refractivity contribution in [3.63, 3.8) is 0 Å². The topological polar surface area (TPSA) is 46.9 Å². The van der Waals surface area contributed by atoms with Crippen LogP contribution in [0.3, 0.4) is 0 Å². The molecule has 0 bridgehead atoms. The molecule has 156 valence electrons. The zero-order valence-electron chi connectivity index (χ0n) is 17.3. The number of nitrogens with one attached hydrogen (secondary N) is 1. The number of nitrogens with zero attached hydrogens (tertiary/aromatic N) is 2. The third kappa shape index (κ3) is 3.05. The van der Waals surface area contributed by atoms with Crippen molar-refractivity contribution in [2.45, 2.75) is 18.9 Å². The molecule has 2 aromatic heterocycles. The maximum Gasteiger partial charge on any atom is 0.225 e. The first-order valence-electron chi connectivity index (χ1n) is 10.7. The van der Waals surface area contributed by atoms with E-state index in [1.165, 1.54) is 6.07 Å². The summed E-state index contributed by atoms with van der Waals surface area (Å²) in [5, 5.41) is 5.18. The van der Waals surface area contributed by atoms with Crippen LogP contribution in [-0.4, -0.2) is 15.5 Å². The van der Waals surface area contributed by atoms with Gasteiger partial charge in [0.15, 0.2) is 0 Å². The first-order chi connectivity index (χ1) is 15.7. The SMILES string of the molecule is O=C1CC(c2cccc3cccnc23)c2cn(Cc3cccc(F)c3)c3cccc(c23)N1. The number of amides is 1. The Morgan fingerprint density at radius 2 is 1.84 bits per heavy atom. The van der Waals surface area contributed by atoms with Crippen molar-refractivity contribution in [2.24, 2.45) is 0 Å². The van der Waals surface area contributed by atoms with Crippen LogP contribution in [-0.2, 0) is 11.3 Å². The van der Waals surface area contributed by atoms with Crippen LogP contribution in [0, 0.1) is 5.82 Å². The number of anilines is 1. The van der Waals surface area contributed by atoms with Crippen molar-refractivity contribution in [3.8, 4) is 0 Å². The van der Waals surface area contributed by atoms with Gasteiger partial charge in [-0.3, -0.25) is 9.78 Å². The smallest absolute Gasteiger partial charge is 0.225 e. The average molecular weight is 421 g/mol. The Hall–Kier alpha value is -3.99. The number of fused-ring (bicyclic) bond motifs is 1. The molecule has 0 radical (unpaired) electrons. The number of hydrogen-bond acceptors (Lipinski definition) is 2. The minimum absolute atomic E-state index is 0.0108. The number of carbonyl (C=O) groups excluding carboxylic acids is 1. The second-order valence-electron chi connectivity index (χ2n) is 8.27. The van der Waals surface area contributed by atoms with Crippen LogP contribution in [0.25, 0.3) is 21.8 Å². The van der Waals surface area contributed by atoms with Gasteiger partial charge in [-0.2, -0.15) is 0 Å². The number of carbonyl (C=O) groups is 1. The molecule has 3 aromatic carbocycles. The minimum Gasteiger partial charge on any atom is -0.343 e. The van der Waals surface area contributed by atoms with Gasteiger partial charge in [-0.05, 0) is 47.0 Å². The van der Waals surface area contributed by atoms with Gasteiger partial charge in [0.25, 0.3) is 0 Å². The van der Waals surface area contributed by atoms with Gasteiger partial charge in [0.2, 0.25) is 5.91 Å². The zero-order chi connectivity index (χ0) is 21.7. The highest BCUT2D eigenvalue weighted by Crippen LogP contribution is 2.42. The van der Waals surface area contributed by atoms with Crippen LogP contribution in [0.5, 0.6) is 0 Å². The third-order valence-corrected chi connectivity index (χ3v) is 6.26. The highest BCUT2D eigenvalue weighted by Gasteiger charge is 2.29. The molecule has 6 rings (SSSR count). The van der Waals surface area contributed by atoms with Crippen molar-refractivity contribution < 1.29 is 9.18 Å². The lowest BCUT2D eigenvalue weighted by molar-refractivity contribution is -0.116. The molecule has 1 aliphatic rings. The average Bonchev–Trinajstić information content (AvgIpc) is 3.09. The van der Waals surface area contributed by atoms with Gasteiger partial charge in [0, 0.05) is 42.0 Å². The number of hydrogen-bond donors (Lipinski definition) is 1. The molecule has 0 saturated heterocycles. The molecule has 0 saturated carbocycles. The first-order valence-corrected chi connectivity index (χ1v) is 10.7. The summed E-state index contributed by atoms with van der Waals surface area (Å²) in [5.74, 6) is -0.384. The number of para-hydroxylation sites is 1. The third-order valence-electron chi connectivity index (χ3n) is 6.26. The van der Waals surface area contributed by atoms with Gasteiger partial charge in [-0.15, -0.1) is 0 Å². The Balaban J connectivity index is 1.58. The van der Waals surface area contributed by atoms with Crippen molar-refractivity contribution in [1.82, 2.24) is 9.55 Å². The Morgan fingerprint density at radius 1 is 1.00 bits per heavy atom. The van der Waals surface area contributed by atoms with Crippen LogP contribution in [0.1, 0.15) is 29.0 Å². The van der Waals surface area contributed by atoms with Crippen molar-refractivity contribution in [1.29, 1.82) is 0 Å². The van der Waals surface area contributed by atoms with Crippen LogP contribution in [0.2, 0.25) is 0 Å². The second-order valence-corrected chi connectivity index (χ2v) is 8.27. The number of benzene rings is 3. The van der Waals surface area contributed by atoms with E-state index in [1.54, 1.807) is 18.3 Å². The fourth-order valence-electron chi connectivity index (χ4n) is 4.90. The summed E-state index contributed by atoms with van der Waals surface area (Å²) in [5.41, 5.74) is 5.77. The van der Waals surface area contributed by atoms with E-state index in [0.717, 1.165) is 44.2 Å². The van der Waals surface area contributed by atoms with Crippen LogP contribution in [0.15, 0.2) is 85.2 Å². The van der Waals surface area contributed by atoms with Crippen molar-refractivity contribution in [3.05, 3.63) is 108 Å². The van der Waals surface area contributed by atoms with Crippen molar-refractivity contribution >= 4 is 33.4 Å². The number of aromatic nitrogens is 2. The predicted molar refractivity (Wildman–Crippen MR) is 124 cm³/mol. The van der Waals surface area contributed by atoms with E-state index in [0.29, 0.717) is 13.0 Å². The molecule has 0 spiro atoms. The fourth-order valence-corrected chi connectivity index (χ4v) is 4.90. The van der Waals surface area contributed by atoms with E-state index in [2.05, 4.69) is 33.2 Å². The van der Waals surface area contributed by atoms with Gasteiger partial charge in [0.05, 0.1) is 16.7 Å². The predicted octanol–water partition coefficient (Wildman–Crippen LogP) is 5.85. The standard InChI is InChI=1S/C27H20FN3O/c28-19-8-1-5-17(13-19)15-31-16-22-21(20-9-2-6-18-7-4-12-29-27(18)20)14-25(32)30-23-10-3-11-24(31)26(22)23/h1-13,16,21H,14-15H2,(H,30,32).